The molecule has 1 amide bonds. The van der Waals surface area contributed by atoms with E-state index >= 15 is 0 Å². The second-order valence-electron chi connectivity index (χ2n) is 7.17. The number of aromatic nitrogens is 4. The molecule has 9 heteroatoms. The predicted molar refractivity (Wildman–Crippen MR) is 109 cm³/mol. The van der Waals surface area contributed by atoms with Crippen molar-refractivity contribution in [3.8, 4) is 0 Å². The van der Waals surface area contributed by atoms with Crippen molar-refractivity contribution in [2.75, 3.05) is 5.32 Å². The molecule has 1 atom stereocenters. The molecule has 0 aliphatic carbocycles. The van der Waals surface area contributed by atoms with Gasteiger partial charge in [0.15, 0.2) is 0 Å². The molecule has 0 spiro atoms. The maximum absolute atomic E-state index is 12.8. The number of benzene rings is 1. The number of anilines is 1. The smallest absolute Gasteiger partial charge is 0.309 e. The van der Waals surface area contributed by atoms with E-state index in [2.05, 4.69) is 21.6 Å². The zero-order chi connectivity index (χ0) is 21.3. The van der Waals surface area contributed by atoms with Crippen LogP contribution in [-0.4, -0.2) is 30.4 Å². The van der Waals surface area contributed by atoms with Crippen LogP contribution in [0.1, 0.15) is 41.2 Å². The Balaban J connectivity index is 1.80. The average molecular weight is 396 g/mol. The third-order valence-corrected chi connectivity index (χ3v) is 5.01. The summed E-state index contributed by atoms with van der Waals surface area (Å²) < 4.78 is 3.21. The third-order valence-electron chi connectivity index (χ3n) is 5.01. The molecule has 0 aliphatic heterocycles. The number of rotatable bonds is 6. The number of hydrogen-bond acceptors (Lipinski definition) is 5. The Bertz CT molecular complexity index is 1080. The first-order valence-electron chi connectivity index (χ1n) is 9.28. The molecular formula is C20H24N6O3. The molecule has 29 heavy (non-hydrogen) atoms. The van der Waals surface area contributed by atoms with Crippen molar-refractivity contribution in [3.05, 3.63) is 68.8 Å². The highest BCUT2D eigenvalue weighted by Crippen LogP contribution is 2.24. The summed E-state index contributed by atoms with van der Waals surface area (Å²) in [7, 11) is 0. The summed E-state index contributed by atoms with van der Waals surface area (Å²) in [6.07, 6.45) is 1.16. The number of nitrogens with zero attached hydrogens (tertiary/aromatic N) is 5. The number of hydrogen-bond donors (Lipinski definition) is 1. The third kappa shape index (κ3) is 4.03. The molecular weight excluding hydrogens is 372 g/mol. The molecule has 2 aromatic heterocycles. The summed E-state index contributed by atoms with van der Waals surface area (Å²) in [6.45, 7) is 9.61. The normalized spacial score (nSPS) is 12.0. The Morgan fingerprint density at radius 3 is 2.59 bits per heavy atom. The van der Waals surface area contributed by atoms with Crippen LogP contribution in [0.25, 0.3) is 0 Å². The van der Waals surface area contributed by atoms with Gasteiger partial charge in [0.25, 0.3) is 0 Å². The Kier molecular flexibility index (Phi) is 5.49. The fourth-order valence-electron chi connectivity index (χ4n) is 3.34. The molecule has 3 rings (SSSR count). The van der Waals surface area contributed by atoms with E-state index in [1.165, 1.54) is 10.2 Å². The zero-order valence-electron chi connectivity index (χ0n) is 17.1. The van der Waals surface area contributed by atoms with E-state index in [-0.39, 0.29) is 11.6 Å². The second kappa shape index (κ2) is 7.86. The Labute approximate surface area is 168 Å². The molecule has 3 aromatic rings. The summed E-state index contributed by atoms with van der Waals surface area (Å²) in [5.74, 6) is -0.313. The number of aryl methyl sites for hydroxylation is 2. The summed E-state index contributed by atoms with van der Waals surface area (Å²) >= 11 is 0. The molecule has 0 fully saturated rings. The first kappa shape index (κ1) is 20.2. The topological polar surface area (TPSA) is 108 Å². The SMILES string of the molecule is Cc1cccc(Cn2nc(C)c(NC(=O)C(C)n3ncc([N+](=O)[O-])c3C)c2C)c1. The summed E-state index contributed by atoms with van der Waals surface area (Å²) in [6, 6.07) is 7.48. The minimum atomic E-state index is -0.706. The van der Waals surface area contributed by atoms with Gasteiger partial charge in [-0.2, -0.15) is 10.2 Å². The highest BCUT2D eigenvalue weighted by molar-refractivity contribution is 5.94. The van der Waals surface area contributed by atoms with Gasteiger partial charge in [-0.25, -0.2) is 0 Å². The lowest BCUT2D eigenvalue weighted by Crippen LogP contribution is -2.25. The molecule has 1 N–H and O–H groups in total. The Hall–Kier alpha value is -3.49. The Morgan fingerprint density at radius 1 is 1.24 bits per heavy atom. The van der Waals surface area contributed by atoms with Crippen LogP contribution in [0.2, 0.25) is 0 Å². The number of carbonyl (C=O) groups is 1. The van der Waals surface area contributed by atoms with Crippen molar-refractivity contribution in [1.82, 2.24) is 19.6 Å². The van der Waals surface area contributed by atoms with Gasteiger partial charge in [-0.3, -0.25) is 24.3 Å². The van der Waals surface area contributed by atoms with Gasteiger partial charge in [0.05, 0.1) is 28.5 Å². The molecule has 0 aliphatic rings. The number of carbonyl (C=O) groups excluding carboxylic acids is 1. The molecule has 152 valence electrons. The fraction of sp³-hybridized carbons (Fsp3) is 0.350. The van der Waals surface area contributed by atoms with Crippen LogP contribution in [0.15, 0.2) is 30.5 Å². The van der Waals surface area contributed by atoms with E-state index in [4.69, 9.17) is 0 Å². The standard InChI is InChI=1S/C20H24N6O3/c1-12-7-6-8-17(9-12)11-24-15(4)19(13(2)23-24)22-20(27)16(5)25-14(3)18(10-21-25)26(28)29/h6-10,16H,11H2,1-5H3,(H,22,27). The molecule has 1 unspecified atom stereocenters. The van der Waals surface area contributed by atoms with Gasteiger partial charge in [0.1, 0.15) is 17.9 Å². The van der Waals surface area contributed by atoms with E-state index < -0.39 is 11.0 Å². The maximum Gasteiger partial charge on any atom is 0.309 e. The number of amides is 1. The molecule has 2 heterocycles. The van der Waals surface area contributed by atoms with Crippen LogP contribution in [-0.2, 0) is 11.3 Å². The van der Waals surface area contributed by atoms with Crippen LogP contribution in [0, 0.1) is 37.8 Å². The lowest BCUT2D eigenvalue weighted by atomic mass is 10.1. The van der Waals surface area contributed by atoms with Gasteiger partial charge in [-0.15, -0.1) is 0 Å². The van der Waals surface area contributed by atoms with Crippen LogP contribution >= 0.6 is 0 Å². The van der Waals surface area contributed by atoms with E-state index in [1.807, 2.05) is 43.7 Å². The summed E-state index contributed by atoms with van der Waals surface area (Å²) in [4.78, 5) is 23.3. The van der Waals surface area contributed by atoms with E-state index in [0.29, 0.717) is 23.6 Å². The molecule has 0 bridgehead atoms. The van der Waals surface area contributed by atoms with Crippen LogP contribution in [0.5, 0.6) is 0 Å². The molecule has 0 radical (unpaired) electrons. The highest BCUT2D eigenvalue weighted by Gasteiger charge is 2.25. The van der Waals surface area contributed by atoms with Crippen molar-refractivity contribution in [3.63, 3.8) is 0 Å². The van der Waals surface area contributed by atoms with Crippen molar-refractivity contribution in [2.24, 2.45) is 0 Å². The largest absolute Gasteiger partial charge is 0.321 e. The highest BCUT2D eigenvalue weighted by atomic mass is 16.6. The van der Waals surface area contributed by atoms with Crippen molar-refractivity contribution < 1.29 is 9.72 Å². The fourth-order valence-corrected chi connectivity index (χ4v) is 3.34. The van der Waals surface area contributed by atoms with Crippen molar-refractivity contribution >= 4 is 17.3 Å². The molecule has 9 nitrogen and oxygen atoms in total. The lowest BCUT2D eigenvalue weighted by molar-refractivity contribution is -0.385. The quantitative estimate of drug-likeness (QED) is 0.507. The summed E-state index contributed by atoms with van der Waals surface area (Å²) in [5, 5.41) is 22.5. The lowest BCUT2D eigenvalue weighted by Gasteiger charge is -2.14. The minimum Gasteiger partial charge on any atom is -0.321 e. The monoisotopic (exact) mass is 396 g/mol. The van der Waals surface area contributed by atoms with Gasteiger partial charge in [0, 0.05) is 0 Å². The van der Waals surface area contributed by atoms with Crippen LogP contribution < -0.4 is 5.32 Å². The van der Waals surface area contributed by atoms with Crippen LogP contribution in [0.4, 0.5) is 11.4 Å². The van der Waals surface area contributed by atoms with Crippen molar-refractivity contribution in [2.45, 2.75) is 47.2 Å². The van der Waals surface area contributed by atoms with Gasteiger partial charge < -0.3 is 5.32 Å². The van der Waals surface area contributed by atoms with E-state index in [1.54, 1.807) is 13.8 Å². The van der Waals surface area contributed by atoms with Crippen LogP contribution in [0.3, 0.4) is 0 Å². The van der Waals surface area contributed by atoms with Crippen molar-refractivity contribution in [1.29, 1.82) is 0 Å². The van der Waals surface area contributed by atoms with E-state index in [0.717, 1.165) is 17.5 Å². The first-order chi connectivity index (χ1) is 13.7. The van der Waals surface area contributed by atoms with Gasteiger partial charge in [-0.1, -0.05) is 29.8 Å². The summed E-state index contributed by atoms with van der Waals surface area (Å²) in [5.41, 5.74) is 4.72. The van der Waals surface area contributed by atoms with E-state index in [9.17, 15) is 14.9 Å². The zero-order valence-corrected chi connectivity index (χ0v) is 17.1. The van der Waals surface area contributed by atoms with Gasteiger partial charge in [0.2, 0.25) is 5.91 Å². The number of nitrogens with one attached hydrogen (secondary N) is 1. The molecule has 0 saturated carbocycles. The van der Waals surface area contributed by atoms with Gasteiger partial charge >= 0.3 is 5.69 Å². The maximum atomic E-state index is 12.8. The minimum absolute atomic E-state index is 0.108. The average Bonchev–Trinajstić information content (AvgIpc) is 3.16. The number of nitro groups is 1. The first-order valence-corrected chi connectivity index (χ1v) is 9.28. The molecule has 0 saturated heterocycles. The Morgan fingerprint density at radius 2 is 1.97 bits per heavy atom. The second-order valence-corrected chi connectivity index (χ2v) is 7.17. The molecule has 1 aromatic carbocycles. The predicted octanol–water partition coefficient (Wildman–Crippen LogP) is 3.47. The van der Waals surface area contributed by atoms with Gasteiger partial charge in [-0.05, 0) is 40.2 Å².